The number of fused-ring (bicyclic) bond motifs is 1. The lowest BCUT2D eigenvalue weighted by Gasteiger charge is -2.43. The van der Waals surface area contributed by atoms with Crippen LogP contribution in [0.5, 0.6) is 5.75 Å². The number of hydrogen-bond donors (Lipinski definition) is 0. The molecule has 1 saturated heterocycles. The van der Waals surface area contributed by atoms with Crippen molar-refractivity contribution in [3.63, 3.8) is 0 Å². The van der Waals surface area contributed by atoms with Crippen molar-refractivity contribution in [2.24, 2.45) is 0 Å². The number of nitrogens with zero attached hydrogens (tertiary/aromatic N) is 1. The molecule has 3 rings (SSSR count). The zero-order chi connectivity index (χ0) is 12.8. The lowest BCUT2D eigenvalue weighted by atomic mass is 9.82. The van der Waals surface area contributed by atoms with Gasteiger partial charge in [-0.05, 0) is 26.1 Å². The highest BCUT2D eigenvalue weighted by Gasteiger charge is 2.42. The lowest BCUT2D eigenvalue weighted by Crippen LogP contribution is -2.50. The molecule has 1 aromatic rings. The third-order valence-corrected chi connectivity index (χ3v) is 4.14. The van der Waals surface area contributed by atoms with E-state index in [1.165, 1.54) is 0 Å². The first-order valence-corrected chi connectivity index (χ1v) is 6.59. The van der Waals surface area contributed by atoms with E-state index in [0.717, 1.165) is 42.8 Å². The van der Waals surface area contributed by atoms with E-state index < -0.39 is 0 Å². The van der Waals surface area contributed by atoms with Crippen molar-refractivity contribution in [1.82, 2.24) is 4.90 Å². The molecule has 3 heteroatoms. The fourth-order valence-electron chi connectivity index (χ4n) is 2.91. The normalized spacial score (nSPS) is 22.7. The molecule has 2 aliphatic rings. The number of piperidine rings is 1. The molecular formula is C15H19NO2. The van der Waals surface area contributed by atoms with E-state index in [1.54, 1.807) is 0 Å². The number of ketones is 1. The number of Topliss-reactive ketones (excluding diaryl/α,β-unsaturated/α-hetero) is 1. The van der Waals surface area contributed by atoms with Gasteiger partial charge in [0.15, 0.2) is 5.78 Å². The van der Waals surface area contributed by atoms with E-state index in [9.17, 15) is 4.79 Å². The first-order valence-electron chi connectivity index (χ1n) is 6.59. The molecule has 18 heavy (non-hydrogen) atoms. The summed E-state index contributed by atoms with van der Waals surface area (Å²) in [7, 11) is 2.12. The van der Waals surface area contributed by atoms with Gasteiger partial charge in [0.25, 0.3) is 0 Å². The summed E-state index contributed by atoms with van der Waals surface area (Å²) in [5.41, 5.74) is 1.64. The molecule has 0 aliphatic carbocycles. The third-order valence-electron chi connectivity index (χ3n) is 4.14. The van der Waals surface area contributed by atoms with Crippen LogP contribution < -0.4 is 4.74 Å². The largest absolute Gasteiger partial charge is 0.486 e. The molecule has 1 spiro atoms. The average molecular weight is 245 g/mol. The molecule has 0 unspecified atom stereocenters. The van der Waals surface area contributed by atoms with Gasteiger partial charge in [-0.1, -0.05) is 11.6 Å². The standard InChI is InChI=1S/C15H19NO2/c1-11-3-4-14-12(9-11)13(17)10-15(18-14)5-7-16(2)8-6-15/h3-4,9H,5-8,10H2,1-2H3. The highest BCUT2D eigenvalue weighted by atomic mass is 16.5. The molecule has 0 saturated carbocycles. The van der Waals surface area contributed by atoms with Gasteiger partial charge in [-0.3, -0.25) is 4.79 Å². The van der Waals surface area contributed by atoms with Crippen LogP contribution in [0.4, 0.5) is 0 Å². The van der Waals surface area contributed by atoms with E-state index in [4.69, 9.17) is 4.74 Å². The van der Waals surface area contributed by atoms with E-state index in [2.05, 4.69) is 11.9 Å². The van der Waals surface area contributed by atoms with Gasteiger partial charge in [0.2, 0.25) is 0 Å². The van der Waals surface area contributed by atoms with Crippen LogP contribution in [0.25, 0.3) is 0 Å². The van der Waals surface area contributed by atoms with Gasteiger partial charge in [0.1, 0.15) is 11.4 Å². The van der Waals surface area contributed by atoms with Crippen LogP contribution in [0.2, 0.25) is 0 Å². The van der Waals surface area contributed by atoms with E-state index in [0.29, 0.717) is 6.42 Å². The Morgan fingerprint density at radius 1 is 1.28 bits per heavy atom. The molecule has 0 amide bonds. The molecule has 1 fully saturated rings. The Morgan fingerprint density at radius 2 is 2.00 bits per heavy atom. The maximum Gasteiger partial charge on any atom is 0.170 e. The molecule has 96 valence electrons. The second-order valence-electron chi connectivity index (χ2n) is 5.69. The number of likely N-dealkylation sites (tertiary alicyclic amines) is 1. The van der Waals surface area contributed by atoms with Gasteiger partial charge in [-0.2, -0.15) is 0 Å². The molecule has 2 aliphatic heterocycles. The van der Waals surface area contributed by atoms with Crippen molar-refractivity contribution in [2.45, 2.75) is 31.8 Å². The number of hydrogen-bond acceptors (Lipinski definition) is 3. The summed E-state index contributed by atoms with van der Waals surface area (Å²) in [6.07, 6.45) is 2.43. The van der Waals surface area contributed by atoms with Gasteiger partial charge >= 0.3 is 0 Å². The Morgan fingerprint density at radius 3 is 2.72 bits per heavy atom. The van der Waals surface area contributed by atoms with Crippen LogP contribution in [0.3, 0.4) is 0 Å². The minimum absolute atomic E-state index is 0.240. The molecule has 0 N–H and O–H groups in total. The number of carbonyl (C=O) groups excluding carboxylic acids is 1. The summed E-state index contributed by atoms with van der Waals surface area (Å²) in [5, 5.41) is 0. The monoisotopic (exact) mass is 245 g/mol. The number of benzene rings is 1. The lowest BCUT2D eigenvalue weighted by molar-refractivity contribution is -0.00369. The predicted molar refractivity (Wildman–Crippen MR) is 70.2 cm³/mol. The third kappa shape index (κ3) is 1.93. The summed E-state index contributed by atoms with van der Waals surface area (Å²) >= 11 is 0. The molecule has 0 radical (unpaired) electrons. The van der Waals surface area contributed by atoms with Crippen LogP contribution in [-0.2, 0) is 0 Å². The Balaban J connectivity index is 1.92. The van der Waals surface area contributed by atoms with E-state index in [1.807, 2.05) is 25.1 Å². The number of rotatable bonds is 0. The molecule has 0 aromatic heterocycles. The maximum atomic E-state index is 12.3. The molecule has 0 atom stereocenters. The van der Waals surface area contributed by atoms with Crippen molar-refractivity contribution in [2.75, 3.05) is 20.1 Å². The van der Waals surface area contributed by atoms with Crippen LogP contribution >= 0.6 is 0 Å². The Bertz CT molecular complexity index is 487. The number of carbonyl (C=O) groups is 1. The van der Waals surface area contributed by atoms with E-state index in [-0.39, 0.29) is 11.4 Å². The van der Waals surface area contributed by atoms with Gasteiger partial charge in [-0.15, -0.1) is 0 Å². The molecular weight excluding hydrogens is 226 g/mol. The Labute approximate surface area is 108 Å². The van der Waals surface area contributed by atoms with Gasteiger partial charge in [-0.25, -0.2) is 0 Å². The van der Waals surface area contributed by atoms with Crippen molar-refractivity contribution in [3.05, 3.63) is 29.3 Å². The van der Waals surface area contributed by atoms with Crippen molar-refractivity contribution < 1.29 is 9.53 Å². The van der Waals surface area contributed by atoms with Crippen molar-refractivity contribution in [3.8, 4) is 5.75 Å². The minimum Gasteiger partial charge on any atom is -0.486 e. The summed E-state index contributed by atoms with van der Waals surface area (Å²) in [5.74, 6) is 1.02. The topological polar surface area (TPSA) is 29.5 Å². The predicted octanol–water partition coefficient (Wildman–Crippen LogP) is 2.42. The zero-order valence-corrected chi connectivity index (χ0v) is 11.0. The van der Waals surface area contributed by atoms with Crippen LogP contribution in [0.15, 0.2) is 18.2 Å². The maximum absolute atomic E-state index is 12.3. The highest BCUT2D eigenvalue weighted by molar-refractivity contribution is 6.00. The van der Waals surface area contributed by atoms with Gasteiger partial charge < -0.3 is 9.64 Å². The SMILES string of the molecule is Cc1ccc2c(c1)C(=O)CC1(CCN(C)CC1)O2. The first-order chi connectivity index (χ1) is 8.58. The molecule has 3 nitrogen and oxygen atoms in total. The summed E-state index contributed by atoms with van der Waals surface area (Å²) in [6.45, 7) is 4.02. The van der Waals surface area contributed by atoms with Gasteiger partial charge in [0.05, 0.1) is 12.0 Å². The zero-order valence-electron chi connectivity index (χ0n) is 11.0. The minimum atomic E-state index is -0.244. The number of ether oxygens (including phenoxy) is 1. The van der Waals surface area contributed by atoms with Crippen LogP contribution in [0, 0.1) is 6.92 Å². The Hall–Kier alpha value is -1.35. The smallest absolute Gasteiger partial charge is 0.170 e. The first kappa shape index (κ1) is 11.7. The fraction of sp³-hybridized carbons (Fsp3) is 0.533. The van der Waals surface area contributed by atoms with E-state index >= 15 is 0 Å². The fourth-order valence-corrected chi connectivity index (χ4v) is 2.91. The van der Waals surface area contributed by atoms with Crippen molar-refractivity contribution in [1.29, 1.82) is 0 Å². The summed E-state index contributed by atoms with van der Waals surface area (Å²) < 4.78 is 6.19. The van der Waals surface area contributed by atoms with Crippen molar-refractivity contribution >= 4 is 5.78 Å². The van der Waals surface area contributed by atoms with Crippen LogP contribution in [-0.4, -0.2) is 36.4 Å². The summed E-state index contributed by atoms with van der Waals surface area (Å²) in [4.78, 5) is 14.6. The quantitative estimate of drug-likeness (QED) is 0.703. The highest BCUT2D eigenvalue weighted by Crippen LogP contribution is 2.39. The average Bonchev–Trinajstić information content (AvgIpc) is 2.35. The second-order valence-corrected chi connectivity index (χ2v) is 5.69. The second kappa shape index (κ2) is 4.09. The van der Waals surface area contributed by atoms with Crippen LogP contribution in [0.1, 0.15) is 35.2 Å². The summed E-state index contributed by atoms with van der Waals surface area (Å²) in [6, 6.07) is 5.90. The molecule has 2 heterocycles. The number of aryl methyl sites for hydroxylation is 1. The van der Waals surface area contributed by atoms with Gasteiger partial charge in [0, 0.05) is 25.9 Å². The molecule has 1 aromatic carbocycles. The Kier molecular flexibility index (Phi) is 2.67. The molecule has 0 bridgehead atoms.